The molecule has 0 aromatic heterocycles. The molecule has 2 atom stereocenters. The number of hydrogen-bond acceptors (Lipinski definition) is 2. The average molecular weight is 251 g/mol. The van der Waals surface area contributed by atoms with Crippen LogP contribution in [0.25, 0.3) is 6.08 Å². The number of rotatable bonds is 7. The second kappa shape index (κ2) is 8.20. The molecule has 2 nitrogen and oxygen atoms in total. The largest absolute Gasteiger partial charge is 0.311 e. The van der Waals surface area contributed by atoms with Crippen LogP contribution in [0.1, 0.15) is 18.9 Å². The van der Waals surface area contributed by atoms with Crippen molar-refractivity contribution in [3.8, 4) is 0 Å². The molecule has 1 N–H and O–H groups in total. The Bertz CT molecular complexity index is 362. The summed E-state index contributed by atoms with van der Waals surface area (Å²) in [4.78, 5) is 0. The maximum absolute atomic E-state index is 10.9. The van der Waals surface area contributed by atoms with Gasteiger partial charge < -0.3 is 5.32 Å². The molecule has 17 heavy (non-hydrogen) atoms. The lowest BCUT2D eigenvalue weighted by atomic mass is 10.2. The lowest BCUT2D eigenvalue weighted by molar-refractivity contribution is 0.567. The van der Waals surface area contributed by atoms with Crippen molar-refractivity contribution in [3.05, 3.63) is 42.0 Å². The van der Waals surface area contributed by atoms with Gasteiger partial charge in [0, 0.05) is 35.4 Å². The maximum atomic E-state index is 10.9. The number of hydrogen-bond donors (Lipinski definition) is 1. The molecular weight excluding hydrogens is 230 g/mol. The van der Waals surface area contributed by atoms with Crippen LogP contribution >= 0.6 is 0 Å². The first kappa shape index (κ1) is 14.1. The van der Waals surface area contributed by atoms with Crippen molar-refractivity contribution in [2.24, 2.45) is 0 Å². The molecular formula is C14H21NOS. The van der Waals surface area contributed by atoms with Gasteiger partial charge in [-0.15, -0.1) is 0 Å². The van der Waals surface area contributed by atoms with Gasteiger partial charge in [-0.05, 0) is 18.9 Å². The summed E-state index contributed by atoms with van der Waals surface area (Å²) in [6.07, 6.45) is 6.94. The van der Waals surface area contributed by atoms with Gasteiger partial charge in [-0.25, -0.2) is 0 Å². The Balaban J connectivity index is 2.19. The van der Waals surface area contributed by atoms with Crippen LogP contribution < -0.4 is 5.32 Å². The van der Waals surface area contributed by atoms with Crippen LogP contribution in [0, 0.1) is 0 Å². The van der Waals surface area contributed by atoms with E-state index in [1.807, 2.05) is 18.2 Å². The van der Waals surface area contributed by atoms with Crippen molar-refractivity contribution in [1.29, 1.82) is 0 Å². The topological polar surface area (TPSA) is 29.1 Å². The second-order valence-electron chi connectivity index (χ2n) is 4.19. The summed E-state index contributed by atoms with van der Waals surface area (Å²) in [7, 11) is -0.681. The Morgan fingerprint density at radius 1 is 1.35 bits per heavy atom. The van der Waals surface area contributed by atoms with Gasteiger partial charge in [-0.3, -0.25) is 4.21 Å². The van der Waals surface area contributed by atoms with E-state index in [1.165, 1.54) is 5.56 Å². The predicted molar refractivity (Wildman–Crippen MR) is 76.5 cm³/mol. The zero-order valence-corrected chi connectivity index (χ0v) is 11.4. The zero-order chi connectivity index (χ0) is 12.5. The molecule has 94 valence electrons. The Morgan fingerprint density at radius 2 is 2.06 bits per heavy atom. The summed E-state index contributed by atoms with van der Waals surface area (Å²) in [6.45, 7) is 2.98. The van der Waals surface area contributed by atoms with Crippen LogP contribution in [0.4, 0.5) is 0 Å². The summed E-state index contributed by atoms with van der Waals surface area (Å²) in [5.74, 6) is 0.774. The molecule has 0 aliphatic carbocycles. The highest BCUT2D eigenvalue weighted by Crippen LogP contribution is 2.00. The Kier molecular flexibility index (Phi) is 6.82. The third-order valence-electron chi connectivity index (χ3n) is 2.53. The standard InChI is InChI=1S/C14H21NOS/c1-13(10-12-17(2)16)15-11-6-9-14-7-4-3-5-8-14/h3-9,13,15H,10-12H2,1-2H3/b9-6+. The molecule has 1 rings (SSSR count). The van der Waals surface area contributed by atoms with Crippen molar-refractivity contribution in [2.75, 3.05) is 18.6 Å². The third-order valence-corrected chi connectivity index (χ3v) is 3.34. The fourth-order valence-electron chi connectivity index (χ4n) is 1.47. The molecule has 0 amide bonds. The normalized spacial score (nSPS) is 14.9. The van der Waals surface area contributed by atoms with E-state index in [1.54, 1.807) is 6.26 Å². The SMILES string of the molecule is CC(CCS(C)=O)NC/C=C/c1ccccc1. The highest BCUT2D eigenvalue weighted by molar-refractivity contribution is 7.84. The van der Waals surface area contributed by atoms with Gasteiger partial charge in [0.05, 0.1) is 0 Å². The maximum Gasteiger partial charge on any atom is 0.0246 e. The quantitative estimate of drug-likeness (QED) is 0.806. The Morgan fingerprint density at radius 3 is 2.71 bits per heavy atom. The Hall–Kier alpha value is -0.930. The predicted octanol–water partition coefficient (Wildman–Crippen LogP) is 2.45. The summed E-state index contributed by atoms with van der Waals surface area (Å²) in [6, 6.07) is 10.7. The van der Waals surface area contributed by atoms with E-state index >= 15 is 0 Å². The molecule has 0 fully saturated rings. The molecule has 0 aliphatic rings. The molecule has 0 bridgehead atoms. The number of nitrogens with one attached hydrogen (secondary N) is 1. The van der Waals surface area contributed by atoms with Gasteiger partial charge in [0.25, 0.3) is 0 Å². The molecule has 3 heteroatoms. The first-order chi connectivity index (χ1) is 8.18. The monoisotopic (exact) mass is 251 g/mol. The van der Waals surface area contributed by atoms with Crippen LogP contribution in [-0.2, 0) is 10.8 Å². The zero-order valence-electron chi connectivity index (χ0n) is 10.6. The lowest BCUT2D eigenvalue weighted by Gasteiger charge is -2.10. The minimum atomic E-state index is -0.681. The lowest BCUT2D eigenvalue weighted by Crippen LogP contribution is -2.27. The molecule has 2 unspecified atom stereocenters. The van der Waals surface area contributed by atoms with Crippen molar-refractivity contribution in [3.63, 3.8) is 0 Å². The minimum absolute atomic E-state index is 0.416. The third kappa shape index (κ3) is 7.08. The van der Waals surface area contributed by atoms with E-state index in [4.69, 9.17) is 0 Å². The summed E-state index contributed by atoms with van der Waals surface area (Å²) >= 11 is 0. The summed E-state index contributed by atoms with van der Waals surface area (Å²) < 4.78 is 10.9. The fourth-order valence-corrected chi connectivity index (χ4v) is 2.16. The molecule has 0 saturated carbocycles. The van der Waals surface area contributed by atoms with E-state index in [0.29, 0.717) is 6.04 Å². The van der Waals surface area contributed by atoms with Gasteiger partial charge in [0.15, 0.2) is 0 Å². The first-order valence-corrected chi connectivity index (χ1v) is 7.66. The van der Waals surface area contributed by atoms with E-state index < -0.39 is 10.8 Å². The highest BCUT2D eigenvalue weighted by atomic mass is 32.2. The smallest absolute Gasteiger partial charge is 0.0246 e. The minimum Gasteiger partial charge on any atom is -0.311 e. The summed E-state index contributed by atoms with van der Waals surface area (Å²) in [5, 5.41) is 3.39. The van der Waals surface area contributed by atoms with Crippen molar-refractivity contribution in [1.82, 2.24) is 5.32 Å². The Labute approximate surface area is 107 Å². The summed E-state index contributed by atoms with van der Waals surface area (Å²) in [5.41, 5.74) is 1.22. The van der Waals surface area contributed by atoms with Crippen molar-refractivity contribution < 1.29 is 4.21 Å². The molecule has 0 saturated heterocycles. The van der Waals surface area contributed by atoms with Crippen LogP contribution in [0.3, 0.4) is 0 Å². The van der Waals surface area contributed by atoms with Gasteiger partial charge in [0.1, 0.15) is 0 Å². The molecule has 1 aromatic rings. The second-order valence-corrected chi connectivity index (χ2v) is 5.74. The van der Waals surface area contributed by atoms with E-state index in [9.17, 15) is 4.21 Å². The molecule has 0 radical (unpaired) electrons. The van der Waals surface area contributed by atoms with Gasteiger partial charge >= 0.3 is 0 Å². The van der Waals surface area contributed by atoms with Gasteiger partial charge in [-0.1, -0.05) is 42.5 Å². The van der Waals surface area contributed by atoms with Gasteiger partial charge in [0.2, 0.25) is 0 Å². The molecule has 1 aromatic carbocycles. The van der Waals surface area contributed by atoms with E-state index in [2.05, 4.69) is 36.5 Å². The van der Waals surface area contributed by atoms with Crippen molar-refractivity contribution in [2.45, 2.75) is 19.4 Å². The molecule has 0 spiro atoms. The van der Waals surface area contributed by atoms with Crippen LogP contribution in [0.2, 0.25) is 0 Å². The van der Waals surface area contributed by atoms with E-state index in [-0.39, 0.29) is 0 Å². The number of benzene rings is 1. The van der Waals surface area contributed by atoms with E-state index in [0.717, 1.165) is 18.7 Å². The molecule has 0 heterocycles. The van der Waals surface area contributed by atoms with Crippen LogP contribution in [-0.4, -0.2) is 28.8 Å². The van der Waals surface area contributed by atoms with Crippen LogP contribution in [0.5, 0.6) is 0 Å². The average Bonchev–Trinajstić information content (AvgIpc) is 2.33. The van der Waals surface area contributed by atoms with Crippen molar-refractivity contribution >= 4 is 16.9 Å². The highest BCUT2D eigenvalue weighted by Gasteiger charge is 2.00. The molecule has 0 aliphatic heterocycles. The van der Waals surface area contributed by atoms with Crippen LogP contribution in [0.15, 0.2) is 36.4 Å². The fraction of sp³-hybridized carbons (Fsp3) is 0.429. The van der Waals surface area contributed by atoms with Gasteiger partial charge in [-0.2, -0.15) is 0 Å². The first-order valence-electron chi connectivity index (χ1n) is 5.93.